The number of rotatable bonds is 19. The van der Waals surface area contributed by atoms with Gasteiger partial charge >= 0.3 is 5.97 Å². The summed E-state index contributed by atoms with van der Waals surface area (Å²) in [5, 5.41) is 9.30. The molecule has 0 saturated carbocycles. The first-order valence-electron chi connectivity index (χ1n) is 15.0. The van der Waals surface area contributed by atoms with Gasteiger partial charge in [-0.1, -0.05) is 108 Å². The predicted molar refractivity (Wildman–Crippen MR) is 162 cm³/mol. The third-order valence-electron chi connectivity index (χ3n) is 7.13. The first-order valence-corrected chi connectivity index (χ1v) is 15.0. The van der Waals surface area contributed by atoms with Crippen LogP contribution in [0.5, 0.6) is 11.5 Å². The lowest BCUT2D eigenvalue weighted by molar-refractivity contribution is 0.0697. The van der Waals surface area contributed by atoms with Crippen molar-refractivity contribution in [3.8, 4) is 33.8 Å². The van der Waals surface area contributed by atoms with Gasteiger partial charge < -0.3 is 14.6 Å². The molecule has 0 radical (unpaired) electrons. The van der Waals surface area contributed by atoms with Crippen molar-refractivity contribution in [3.63, 3.8) is 0 Å². The molecule has 0 unspecified atom stereocenters. The number of hydrogen-bond acceptors (Lipinski definition) is 3. The number of carboxylic acids is 1. The third-order valence-corrected chi connectivity index (χ3v) is 7.13. The summed E-state index contributed by atoms with van der Waals surface area (Å²) < 4.78 is 12.1. The highest BCUT2D eigenvalue weighted by Crippen LogP contribution is 2.36. The maximum atomic E-state index is 11.3. The Morgan fingerprint density at radius 2 is 1.03 bits per heavy atom. The second-order valence-electron chi connectivity index (χ2n) is 10.3. The van der Waals surface area contributed by atoms with Gasteiger partial charge in [-0.05, 0) is 71.5 Å². The lowest BCUT2D eigenvalue weighted by Gasteiger charge is -2.15. The molecule has 0 aliphatic carbocycles. The molecule has 0 aliphatic rings. The molecule has 3 aromatic rings. The number of aromatic carboxylic acids is 1. The molecular weight excluding hydrogens is 484 g/mol. The molecule has 39 heavy (non-hydrogen) atoms. The minimum absolute atomic E-state index is 0.283. The average molecular weight is 531 g/mol. The maximum absolute atomic E-state index is 11.3. The van der Waals surface area contributed by atoms with E-state index >= 15 is 0 Å². The van der Waals surface area contributed by atoms with Crippen LogP contribution in [0.2, 0.25) is 0 Å². The van der Waals surface area contributed by atoms with Gasteiger partial charge in [0.2, 0.25) is 0 Å². The standard InChI is InChI=1S/C35H46O4/c1-3-5-7-9-11-13-25-38-31-21-19-29(20-22-31)34-27-32(39-26-14-12-10-8-6-4-2)23-24-33(34)28-15-17-30(18-16-28)35(36)37/h15-24,27H,3-14,25-26H2,1-2H3,(H,36,37). The van der Waals surface area contributed by atoms with E-state index in [2.05, 4.69) is 38.1 Å². The minimum atomic E-state index is -0.920. The monoisotopic (exact) mass is 530 g/mol. The molecule has 0 saturated heterocycles. The first kappa shape index (κ1) is 30.3. The smallest absolute Gasteiger partial charge is 0.335 e. The number of carboxylic acid groups (broad SMARTS) is 1. The van der Waals surface area contributed by atoms with Crippen molar-refractivity contribution in [2.45, 2.75) is 90.9 Å². The van der Waals surface area contributed by atoms with Gasteiger partial charge in [-0.25, -0.2) is 4.79 Å². The van der Waals surface area contributed by atoms with E-state index < -0.39 is 5.97 Å². The van der Waals surface area contributed by atoms with Crippen LogP contribution >= 0.6 is 0 Å². The molecular formula is C35H46O4. The highest BCUT2D eigenvalue weighted by atomic mass is 16.5. The number of unbranched alkanes of at least 4 members (excludes halogenated alkanes) is 10. The second kappa shape index (κ2) is 17.3. The normalized spacial score (nSPS) is 10.9. The summed E-state index contributed by atoms with van der Waals surface area (Å²) in [5.74, 6) is 0.819. The van der Waals surface area contributed by atoms with Crippen molar-refractivity contribution in [1.29, 1.82) is 0 Å². The Labute approximate surface area is 235 Å². The van der Waals surface area contributed by atoms with Crippen LogP contribution in [-0.4, -0.2) is 24.3 Å². The maximum Gasteiger partial charge on any atom is 0.335 e. The van der Waals surface area contributed by atoms with Crippen LogP contribution in [0.3, 0.4) is 0 Å². The van der Waals surface area contributed by atoms with Gasteiger partial charge in [0.15, 0.2) is 0 Å². The molecule has 3 aromatic carbocycles. The molecule has 0 bridgehead atoms. The third kappa shape index (κ3) is 10.4. The quantitative estimate of drug-likeness (QED) is 0.157. The van der Waals surface area contributed by atoms with Crippen LogP contribution in [0.4, 0.5) is 0 Å². The van der Waals surface area contributed by atoms with Crippen molar-refractivity contribution in [2.24, 2.45) is 0 Å². The van der Waals surface area contributed by atoms with Crippen molar-refractivity contribution >= 4 is 5.97 Å². The van der Waals surface area contributed by atoms with Crippen molar-refractivity contribution in [1.82, 2.24) is 0 Å². The zero-order valence-electron chi connectivity index (χ0n) is 23.9. The van der Waals surface area contributed by atoms with Gasteiger partial charge in [0.25, 0.3) is 0 Å². The van der Waals surface area contributed by atoms with Crippen LogP contribution in [0.1, 0.15) is 101 Å². The SMILES string of the molecule is CCCCCCCCOc1ccc(-c2cc(OCCCCCCCC)ccc2-c2ccc(C(=O)O)cc2)cc1. The summed E-state index contributed by atoms with van der Waals surface area (Å²) in [6.07, 6.45) is 14.9. The molecule has 0 heterocycles. The Hall–Kier alpha value is -3.27. The number of benzene rings is 3. The van der Waals surface area contributed by atoms with Crippen molar-refractivity contribution in [2.75, 3.05) is 13.2 Å². The Morgan fingerprint density at radius 3 is 1.59 bits per heavy atom. The molecule has 4 nitrogen and oxygen atoms in total. The molecule has 210 valence electrons. The summed E-state index contributed by atoms with van der Waals surface area (Å²) >= 11 is 0. The van der Waals surface area contributed by atoms with E-state index in [1.54, 1.807) is 12.1 Å². The van der Waals surface area contributed by atoms with E-state index in [4.69, 9.17) is 9.47 Å². The van der Waals surface area contributed by atoms with Crippen LogP contribution in [0, 0.1) is 0 Å². The van der Waals surface area contributed by atoms with Gasteiger partial charge in [0, 0.05) is 0 Å². The zero-order chi connectivity index (χ0) is 27.7. The lowest BCUT2D eigenvalue weighted by atomic mass is 9.93. The van der Waals surface area contributed by atoms with E-state index in [1.165, 1.54) is 64.2 Å². The van der Waals surface area contributed by atoms with Crippen LogP contribution in [-0.2, 0) is 0 Å². The van der Waals surface area contributed by atoms with Crippen LogP contribution in [0.15, 0.2) is 66.7 Å². The predicted octanol–water partition coefficient (Wildman–Crippen LogP) is 10.2. The van der Waals surface area contributed by atoms with E-state index in [-0.39, 0.29) is 5.56 Å². The molecule has 1 N–H and O–H groups in total. The zero-order valence-corrected chi connectivity index (χ0v) is 23.9. The fourth-order valence-electron chi connectivity index (χ4n) is 4.77. The minimum Gasteiger partial charge on any atom is -0.494 e. The average Bonchev–Trinajstić information content (AvgIpc) is 2.96. The summed E-state index contributed by atoms with van der Waals surface area (Å²) in [6.45, 7) is 5.93. The van der Waals surface area contributed by atoms with Gasteiger partial charge in [0.05, 0.1) is 18.8 Å². The van der Waals surface area contributed by atoms with Crippen molar-refractivity contribution < 1.29 is 19.4 Å². The van der Waals surface area contributed by atoms with Crippen LogP contribution < -0.4 is 9.47 Å². The highest BCUT2D eigenvalue weighted by molar-refractivity contribution is 5.90. The van der Waals surface area contributed by atoms with Gasteiger partial charge in [-0.3, -0.25) is 0 Å². The molecule has 0 fully saturated rings. The Morgan fingerprint density at radius 1 is 0.564 bits per heavy atom. The molecule has 0 atom stereocenters. The highest BCUT2D eigenvalue weighted by Gasteiger charge is 2.12. The summed E-state index contributed by atoms with van der Waals surface area (Å²) in [7, 11) is 0. The molecule has 4 heteroatoms. The topological polar surface area (TPSA) is 55.8 Å². The lowest BCUT2D eigenvalue weighted by Crippen LogP contribution is -1.99. The molecule has 0 aliphatic heterocycles. The molecule has 0 aromatic heterocycles. The summed E-state index contributed by atoms with van der Waals surface area (Å²) in [6, 6.07) is 21.5. The van der Waals surface area contributed by atoms with E-state index in [1.807, 2.05) is 30.3 Å². The van der Waals surface area contributed by atoms with Gasteiger partial charge in [-0.2, -0.15) is 0 Å². The van der Waals surface area contributed by atoms with E-state index in [0.29, 0.717) is 6.61 Å². The number of carbonyl (C=O) groups is 1. The largest absolute Gasteiger partial charge is 0.494 e. The fraction of sp³-hybridized carbons (Fsp3) is 0.457. The second-order valence-corrected chi connectivity index (χ2v) is 10.3. The van der Waals surface area contributed by atoms with Crippen LogP contribution in [0.25, 0.3) is 22.3 Å². The van der Waals surface area contributed by atoms with E-state index in [0.717, 1.165) is 53.2 Å². The molecule has 3 rings (SSSR count). The number of hydrogen-bond donors (Lipinski definition) is 1. The van der Waals surface area contributed by atoms with Gasteiger partial charge in [0.1, 0.15) is 11.5 Å². The Balaban J connectivity index is 1.69. The van der Waals surface area contributed by atoms with Gasteiger partial charge in [-0.15, -0.1) is 0 Å². The molecule has 0 spiro atoms. The fourth-order valence-corrected chi connectivity index (χ4v) is 4.77. The Bertz CT molecular complexity index is 1100. The summed E-state index contributed by atoms with van der Waals surface area (Å²) in [5.41, 5.74) is 4.43. The number of ether oxygens (including phenoxy) is 2. The van der Waals surface area contributed by atoms with Crippen molar-refractivity contribution in [3.05, 3.63) is 72.3 Å². The van der Waals surface area contributed by atoms with E-state index in [9.17, 15) is 9.90 Å². The Kier molecular flexibility index (Phi) is 13.5. The summed E-state index contributed by atoms with van der Waals surface area (Å²) in [4.78, 5) is 11.3. The first-order chi connectivity index (χ1) is 19.1. The molecule has 0 amide bonds.